The number of hydrogen-bond donors (Lipinski definition) is 2. The van der Waals surface area contributed by atoms with Gasteiger partial charge >= 0.3 is 5.97 Å². The molecule has 1 heterocycles. The number of carbonyl (C=O) groups excluding carboxylic acids is 1. The highest BCUT2D eigenvalue weighted by Crippen LogP contribution is 2.24. The average Bonchev–Trinajstić information content (AvgIpc) is 2.54. The first-order chi connectivity index (χ1) is 10.7. The zero-order valence-corrected chi connectivity index (χ0v) is 13.9. The Morgan fingerprint density at radius 3 is 2.68 bits per heavy atom. The molecule has 0 aromatic carbocycles. The van der Waals surface area contributed by atoms with Crippen LogP contribution in [-0.2, 0) is 9.53 Å². The Morgan fingerprint density at radius 2 is 2.00 bits per heavy atom. The van der Waals surface area contributed by atoms with Gasteiger partial charge in [-0.1, -0.05) is 19.3 Å². The Bertz CT molecular complexity index is 332. The summed E-state index contributed by atoms with van der Waals surface area (Å²) < 4.78 is 4.81. The molecule has 22 heavy (non-hydrogen) atoms. The van der Waals surface area contributed by atoms with E-state index in [1.54, 1.807) is 0 Å². The molecule has 2 N–H and O–H groups in total. The molecule has 0 spiro atoms. The second kappa shape index (κ2) is 9.48. The van der Waals surface area contributed by atoms with E-state index in [9.17, 15) is 9.90 Å². The fraction of sp³-hybridized carbons (Fsp3) is 0.941. The first-order valence-electron chi connectivity index (χ1n) is 8.84. The van der Waals surface area contributed by atoms with Crippen LogP contribution in [0.5, 0.6) is 0 Å². The molecule has 2 aliphatic rings. The first-order valence-corrected chi connectivity index (χ1v) is 8.84. The number of nitrogens with zero attached hydrogens (tertiary/aromatic N) is 1. The maximum absolute atomic E-state index is 11.5. The first kappa shape index (κ1) is 17.7. The highest BCUT2D eigenvalue weighted by Gasteiger charge is 2.29. The number of methoxy groups -OCH3 is 1. The summed E-state index contributed by atoms with van der Waals surface area (Å²) in [6.45, 7) is 3.84. The third kappa shape index (κ3) is 5.86. The molecule has 1 saturated carbocycles. The number of β-amino-alcohol motifs (C(OH)–C–C–N with tert-alkyl or cyclic N) is 1. The van der Waals surface area contributed by atoms with Crippen LogP contribution in [-0.4, -0.2) is 61.9 Å². The maximum Gasteiger partial charge on any atom is 0.305 e. The van der Waals surface area contributed by atoms with Crippen LogP contribution >= 0.6 is 0 Å². The van der Waals surface area contributed by atoms with E-state index in [0.717, 1.165) is 32.0 Å². The number of rotatable bonds is 7. The van der Waals surface area contributed by atoms with Crippen molar-refractivity contribution in [2.24, 2.45) is 11.8 Å². The topological polar surface area (TPSA) is 61.8 Å². The highest BCUT2D eigenvalue weighted by molar-refractivity contribution is 5.69. The molecule has 0 aromatic rings. The van der Waals surface area contributed by atoms with E-state index in [1.807, 2.05) is 0 Å². The second-order valence-electron chi connectivity index (χ2n) is 6.97. The molecule has 1 aliphatic heterocycles. The standard InChI is InChI=1S/C17H32N2O3/c1-22-17(21)10-15-9-16(13-19(12-15)7-8-20)18-11-14-5-3-2-4-6-14/h14-16,18,20H,2-13H2,1H3. The lowest BCUT2D eigenvalue weighted by molar-refractivity contribution is -0.142. The van der Waals surface area contributed by atoms with Gasteiger partial charge in [-0.3, -0.25) is 9.69 Å². The monoisotopic (exact) mass is 312 g/mol. The van der Waals surface area contributed by atoms with Gasteiger partial charge in [0.25, 0.3) is 0 Å². The summed E-state index contributed by atoms with van der Waals surface area (Å²) in [5.41, 5.74) is 0. The number of nitrogens with one attached hydrogen (secondary N) is 1. The Morgan fingerprint density at radius 1 is 1.23 bits per heavy atom. The summed E-state index contributed by atoms with van der Waals surface area (Å²) in [7, 11) is 1.45. The van der Waals surface area contributed by atoms with Crippen molar-refractivity contribution in [3.63, 3.8) is 0 Å². The van der Waals surface area contributed by atoms with Crippen LogP contribution < -0.4 is 5.32 Å². The molecule has 5 nitrogen and oxygen atoms in total. The lowest BCUT2D eigenvalue weighted by atomic mass is 9.88. The SMILES string of the molecule is COC(=O)CC1CC(NCC2CCCCC2)CN(CCO)C1. The fourth-order valence-corrected chi connectivity index (χ4v) is 3.97. The third-order valence-electron chi connectivity index (χ3n) is 5.13. The molecular formula is C17H32N2O3. The van der Waals surface area contributed by atoms with E-state index in [0.29, 0.717) is 24.9 Å². The quantitative estimate of drug-likeness (QED) is 0.696. The maximum atomic E-state index is 11.5. The van der Waals surface area contributed by atoms with Crippen molar-refractivity contribution in [1.82, 2.24) is 10.2 Å². The van der Waals surface area contributed by atoms with Gasteiger partial charge in [0, 0.05) is 32.1 Å². The van der Waals surface area contributed by atoms with E-state index in [2.05, 4.69) is 10.2 Å². The predicted octanol–water partition coefficient (Wildman–Crippen LogP) is 1.40. The summed E-state index contributed by atoms with van der Waals surface area (Å²) in [4.78, 5) is 13.8. The predicted molar refractivity (Wildman–Crippen MR) is 86.6 cm³/mol. The van der Waals surface area contributed by atoms with Gasteiger partial charge in [-0.25, -0.2) is 0 Å². The molecule has 0 radical (unpaired) electrons. The normalized spacial score (nSPS) is 27.7. The van der Waals surface area contributed by atoms with Gasteiger partial charge in [0.2, 0.25) is 0 Å². The van der Waals surface area contributed by atoms with Crippen molar-refractivity contribution < 1.29 is 14.6 Å². The largest absolute Gasteiger partial charge is 0.469 e. The molecule has 1 saturated heterocycles. The summed E-state index contributed by atoms with van der Waals surface area (Å²) in [6.07, 6.45) is 8.36. The molecule has 0 amide bonds. The Kier molecular flexibility index (Phi) is 7.63. The number of piperidine rings is 1. The van der Waals surface area contributed by atoms with Crippen molar-refractivity contribution in [2.75, 3.05) is 39.9 Å². The molecule has 0 aromatic heterocycles. The fourth-order valence-electron chi connectivity index (χ4n) is 3.97. The van der Waals surface area contributed by atoms with Gasteiger partial charge in [0.05, 0.1) is 13.7 Å². The molecule has 1 aliphatic carbocycles. The molecule has 128 valence electrons. The smallest absolute Gasteiger partial charge is 0.305 e. The molecule has 2 atom stereocenters. The summed E-state index contributed by atoms with van der Waals surface area (Å²) in [6, 6.07) is 0.428. The van der Waals surface area contributed by atoms with Gasteiger partial charge in [0.15, 0.2) is 0 Å². The lowest BCUT2D eigenvalue weighted by Gasteiger charge is -2.38. The molecule has 5 heteroatoms. The van der Waals surface area contributed by atoms with Crippen LogP contribution in [0.3, 0.4) is 0 Å². The third-order valence-corrected chi connectivity index (χ3v) is 5.13. The second-order valence-corrected chi connectivity index (χ2v) is 6.97. The van der Waals surface area contributed by atoms with E-state index in [4.69, 9.17) is 4.74 Å². The van der Waals surface area contributed by atoms with E-state index >= 15 is 0 Å². The zero-order chi connectivity index (χ0) is 15.8. The average molecular weight is 312 g/mol. The lowest BCUT2D eigenvalue weighted by Crippen LogP contribution is -2.51. The summed E-state index contributed by atoms with van der Waals surface area (Å²) in [5.74, 6) is 1.03. The molecule has 2 fully saturated rings. The van der Waals surface area contributed by atoms with Gasteiger partial charge in [-0.05, 0) is 37.6 Å². The Balaban J connectivity index is 1.80. The summed E-state index contributed by atoms with van der Waals surface area (Å²) >= 11 is 0. The summed E-state index contributed by atoms with van der Waals surface area (Å²) in [5, 5.41) is 12.9. The van der Waals surface area contributed by atoms with Crippen LogP contribution in [0, 0.1) is 11.8 Å². The van der Waals surface area contributed by atoms with Crippen LogP contribution in [0.1, 0.15) is 44.9 Å². The number of carbonyl (C=O) groups is 1. The van der Waals surface area contributed by atoms with Gasteiger partial charge in [-0.2, -0.15) is 0 Å². The van der Waals surface area contributed by atoms with E-state index in [1.165, 1.54) is 39.2 Å². The zero-order valence-electron chi connectivity index (χ0n) is 13.9. The Hall–Kier alpha value is -0.650. The van der Waals surface area contributed by atoms with Crippen molar-refractivity contribution in [1.29, 1.82) is 0 Å². The van der Waals surface area contributed by atoms with Gasteiger partial charge in [0.1, 0.15) is 0 Å². The van der Waals surface area contributed by atoms with Crippen LogP contribution in [0.15, 0.2) is 0 Å². The number of hydrogen-bond acceptors (Lipinski definition) is 5. The van der Waals surface area contributed by atoms with Crippen molar-refractivity contribution >= 4 is 5.97 Å². The highest BCUT2D eigenvalue weighted by atomic mass is 16.5. The van der Waals surface area contributed by atoms with Crippen molar-refractivity contribution in [3.8, 4) is 0 Å². The Labute approximate surface area is 134 Å². The molecular weight excluding hydrogens is 280 g/mol. The van der Waals surface area contributed by atoms with E-state index in [-0.39, 0.29) is 12.6 Å². The van der Waals surface area contributed by atoms with Gasteiger partial charge < -0.3 is 15.2 Å². The molecule has 2 rings (SSSR count). The number of esters is 1. The van der Waals surface area contributed by atoms with Crippen LogP contribution in [0.4, 0.5) is 0 Å². The minimum atomic E-state index is -0.123. The number of aliphatic hydroxyl groups excluding tert-OH is 1. The van der Waals surface area contributed by atoms with Crippen molar-refractivity contribution in [2.45, 2.75) is 51.0 Å². The number of ether oxygens (including phenoxy) is 1. The van der Waals surface area contributed by atoms with Crippen molar-refractivity contribution in [3.05, 3.63) is 0 Å². The molecule has 2 unspecified atom stereocenters. The minimum Gasteiger partial charge on any atom is -0.469 e. The number of likely N-dealkylation sites (tertiary alicyclic amines) is 1. The van der Waals surface area contributed by atoms with Crippen LogP contribution in [0.25, 0.3) is 0 Å². The number of aliphatic hydroxyl groups is 1. The van der Waals surface area contributed by atoms with Gasteiger partial charge in [-0.15, -0.1) is 0 Å². The molecule has 0 bridgehead atoms. The minimum absolute atomic E-state index is 0.123. The van der Waals surface area contributed by atoms with Crippen LogP contribution in [0.2, 0.25) is 0 Å². The van der Waals surface area contributed by atoms with E-state index < -0.39 is 0 Å².